The first kappa shape index (κ1) is 22.0. The molecule has 2 aromatic heterocycles. The Morgan fingerprint density at radius 1 is 0.931 bits per heavy atom. The summed E-state index contributed by atoms with van der Waals surface area (Å²) in [6, 6.07) is 7.76. The van der Waals surface area contributed by atoms with E-state index in [1.165, 1.54) is 0 Å². The minimum Gasteiger partial charge on any atom is -0.811 e. The van der Waals surface area contributed by atoms with Crippen molar-refractivity contribution in [2.24, 2.45) is 0 Å². The second-order valence-electron chi connectivity index (χ2n) is 7.93. The zero-order valence-electron chi connectivity index (χ0n) is 18.0. The molecule has 0 amide bonds. The highest BCUT2D eigenvalue weighted by Gasteiger charge is 2.52. The fourth-order valence-electron chi connectivity index (χ4n) is 3.22. The van der Waals surface area contributed by atoms with Crippen molar-refractivity contribution in [1.29, 1.82) is 0 Å². The average Bonchev–Trinajstić information content (AvgIpc) is 3.08. The summed E-state index contributed by atoms with van der Waals surface area (Å²) in [4.78, 5) is 0. The molecular formula is C20H29N4O4P. The SMILES string of the molecule is Cc1ccc2c(c1)cc(C([O-])[P+](OC(C)C)(OC(C)C)OC(C)C)c1nnnn12. The van der Waals surface area contributed by atoms with Crippen LogP contribution >= 0.6 is 7.94 Å². The summed E-state index contributed by atoms with van der Waals surface area (Å²) in [6.45, 7) is 13.2. The van der Waals surface area contributed by atoms with Gasteiger partial charge in [-0.25, -0.2) is 0 Å². The molecule has 0 radical (unpaired) electrons. The summed E-state index contributed by atoms with van der Waals surface area (Å²) in [5.41, 5.74) is 2.70. The standard InChI is InChI=1S/C20H29N4O4P/c1-12(2)26-29(27-13(3)4,28-14(5)6)20(25)17-11-16-10-15(7)8-9-18(16)24-19(17)21-22-23-24/h8-14,20H,1-7H3. The molecule has 0 aliphatic heterocycles. The molecular weight excluding hydrogens is 391 g/mol. The van der Waals surface area contributed by atoms with E-state index >= 15 is 0 Å². The monoisotopic (exact) mass is 420 g/mol. The number of pyridine rings is 1. The van der Waals surface area contributed by atoms with Crippen LogP contribution in [0.2, 0.25) is 0 Å². The molecule has 1 unspecified atom stereocenters. The Morgan fingerprint density at radius 2 is 1.52 bits per heavy atom. The van der Waals surface area contributed by atoms with Gasteiger partial charge in [-0.3, -0.25) is 0 Å². The predicted octanol–water partition coefficient (Wildman–Crippen LogP) is 3.98. The summed E-state index contributed by atoms with van der Waals surface area (Å²) < 4.78 is 19.9. The van der Waals surface area contributed by atoms with Crippen LogP contribution in [0.1, 0.15) is 58.5 Å². The molecule has 3 rings (SSSR count). The Balaban J connectivity index is 2.23. The zero-order chi connectivity index (χ0) is 21.3. The molecule has 0 saturated carbocycles. The maximum atomic E-state index is 14.0. The third kappa shape index (κ3) is 4.57. The van der Waals surface area contributed by atoms with E-state index in [1.54, 1.807) is 4.52 Å². The number of rotatable bonds is 8. The number of hydrogen-bond donors (Lipinski definition) is 0. The van der Waals surface area contributed by atoms with Gasteiger partial charge in [0.15, 0.2) is 5.65 Å². The van der Waals surface area contributed by atoms with Crippen LogP contribution in [-0.2, 0) is 13.6 Å². The fraction of sp³-hybridized carbons (Fsp3) is 0.550. The first-order valence-electron chi connectivity index (χ1n) is 9.84. The van der Waals surface area contributed by atoms with Gasteiger partial charge in [0.1, 0.15) is 24.2 Å². The number of fused-ring (bicyclic) bond motifs is 3. The number of nitrogens with zero attached hydrogens (tertiary/aromatic N) is 4. The first-order chi connectivity index (χ1) is 13.6. The maximum Gasteiger partial charge on any atom is 0.403 e. The molecule has 1 atom stereocenters. The molecule has 2 heterocycles. The van der Waals surface area contributed by atoms with Crippen LogP contribution in [0.25, 0.3) is 16.6 Å². The Hall–Kier alpha value is -1.70. The minimum absolute atomic E-state index is 0.244. The van der Waals surface area contributed by atoms with Crippen LogP contribution in [0, 0.1) is 6.92 Å². The second-order valence-corrected chi connectivity index (χ2v) is 10.1. The number of aromatic nitrogens is 4. The fourth-order valence-corrected chi connectivity index (χ4v) is 5.99. The van der Waals surface area contributed by atoms with Gasteiger partial charge in [0.05, 0.1) is 5.52 Å². The van der Waals surface area contributed by atoms with Crippen molar-refractivity contribution >= 4 is 24.5 Å². The average molecular weight is 420 g/mol. The molecule has 0 fully saturated rings. The normalized spacial score (nSPS) is 14.0. The zero-order valence-corrected chi connectivity index (χ0v) is 18.9. The van der Waals surface area contributed by atoms with E-state index < -0.39 is 13.8 Å². The summed E-state index contributed by atoms with van der Waals surface area (Å²) in [6.07, 6.45) is -0.731. The van der Waals surface area contributed by atoms with Crippen molar-refractivity contribution in [3.8, 4) is 0 Å². The van der Waals surface area contributed by atoms with Crippen LogP contribution in [0.5, 0.6) is 0 Å². The van der Waals surface area contributed by atoms with E-state index in [2.05, 4.69) is 15.5 Å². The predicted molar refractivity (Wildman–Crippen MR) is 111 cm³/mol. The van der Waals surface area contributed by atoms with Crippen molar-refractivity contribution in [3.63, 3.8) is 0 Å². The summed E-state index contributed by atoms with van der Waals surface area (Å²) in [7, 11) is -3.31. The Kier molecular flexibility index (Phi) is 6.51. The highest BCUT2D eigenvalue weighted by Crippen LogP contribution is 2.72. The van der Waals surface area contributed by atoms with Crippen molar-refractivity contribution < 1.29 is 18.7 Å². The van der Waals surface area contributed by atoms with E-state index in [-0.39, 0.29) is 18.3 Å². The van der Waals surface area contributed by atoms with Crippen LogP contribution in [-0.4, -0.2) is 38.4 Å². The molecule has 3 aromatic rings. The highest BCUT2D eigenvalue weighted by atomic mass is 31.2. The van der Waals surface area contributed by atoms with Gasteiger partial charge in [-0.15, -0.1) is 5.10 Å². The quantitative estimate of drug-likeness (QED) is 0.509. The van der Waals surface area contributed by atoms with Crippen molar-refractivity contribution in [1.82, 2.24) is 20.0 Å². The van der Waals surface area contributed by atoms with Crippen LogP contribution in [0.3, 0.4) is 0 Å². The lowest BCUT2D eigenvalue weighted by molar-refractivity contribution is -0.402. The van der Waals surface area contributed by atoms with Gasteiger partial charge in [0, 0.05) is 10.9 Å². The number of aryl methyl sites for hydroxylation is 1. The number of tetrazole rings is 1. The van der Waals surface area contributed by atoms with Gasteiger partial charge in [-0.2, -0.15) is 18.1 Å². The largest absolute Gasteiger partial charge is 0.811 e. The minimum atomic E-state index is -3.31. The van der Waals surface area contributed by atoms with E-state index in [0.29, 0.717) is 11.2 Å². The van der Waals surface area contributed by atoms with E-state index in [9.17, 15) is 5.11 Å². The van der Waals surface area contributed by atoms with Crippen molar-refractivity contribution in [2.75, 3.05) is 0 Å². The van der Waals surface area contributed by atoms with Crippen LogP contribution in [0.4, 0.5) is 0 Å². The van der Waals surface area contributed by atoms with Crippen molar-refractivity contribution in [2.45, 2.75) is 72.6 Å². The molecule has 0 spiro atoms. The van der Waals surface area contributed by atoms with Gasteiger partial charge >= 0.3 is 7.94 Å². The molecule has 29 heavy (non-hydrogen) atoms. The molecule has 0 N–H and O–H groups in total. The van der Waals surface area contributed by atoms with Gasteiger partial charge in [-0.1, -0.05) is 11.6 Å². The Labute approximate surface area is 171 Å². The molecule has 8 nitrogen and oxygen atoms in total. The summed E-state index contributed by atoms with van der Waals surface area (Å²) in [5.74, 6) is -1.42. The van der Waals surface area contributed by atoms with Crippen LogP contribution < -0.4 is 5.11 Å². The molecule has 0 aliphatic rings. The second kappa shape index (κ2) is 8.58. The lowest BCUT2D eigenvalue weighted by Gasteiger charge is -2.35. The maximum absolute atomic E-state index is 14.0. The molecule has 158 valence electrons. The molecule has 9 heteroatoms. The lowest BCUT2D eigenvalue weighted by Crippen LogP contribution is -2.30. The van der Waals surface area contributed by atoms with Gasteiger partial charge in [0.2, 0.25) is 0 Å². The molecule has 1 aromatic carbocycles. The van der Waals surface area contributed by atoms with Gasteiger partial charge in [0.25, 0.3) is 0 Å². The lowest BCUT2D eigenvalue weighted by atomic mass is 10.1. The first-order valence-corrected chi connectivity index (χ1v) is 11.4. The van der Waals surface area contributed by atoms with E-state index in [4.69, 9.17) is 13.6 Å². The highest BCUT2D eigenvalue weighted by molar-refractivity contribution is 7.61. The Morgan fingerprint density at radius 3 is 2.07 bits per heavy atom. The third-order valence-electron chi connectivity index (χ3n) is 4.08. The number of hydrogen-bond acceptors (Lipinski definition) is 7. The Bertz CT molecular complexity index is 963. The smallest absolute Gasteiger partial charge is 0.403 e. The third-order valence-corrected chi connectivity index (χ3v) is 7.08. The molecule has 0 saturated heterocycles. The number of benzene rings is 1. The van der Waals surface area contributed by atoms with Gasteiger partial charge in [-0.05, 0) is 77.1 Å². The van der Waals surface area contributed by atoms with Crippen LogP contribution in [0.15, 0.2) is 24.3 Å². The summed E-state index contributed by atoms with van der Waals surface area (Å²) >= 11 is 0. The summed E-state index contributed by atoms with van der Waals surface area (Å²) in [5, 5.41) is 26.8. The molecule has 0 aliphatic carbocycles. The molecule has 0 bridgehead atoms. The topological polar surface area (TPSA) is 93.8 Å². The van der Waals surface area contributed by atoms with Crippen molar-refractivity contribution in [3.05, 3.63) is 35.4 Å². The van der Waals surface area contributed by atoms with E-state index in [0.717, 1.165) is 16.5 Å². The van der Waals surface area contributed by atoms with Gasteiger partial charge < -0.3 is 5.11 Å². The van der Waals surface area contributed by atoms with E-state index in [1.807, 2.05) is 72.7 Å².